The van der Waals surface area contributed by atoms with Crippen molar-refractivity contribution in [3.8, 4) is 0 Å². The lowest BCUT2D eigenvalue weighted by Gasteiger charge is -2.08. The van der Waals surface area contributed by atoms with E-state index in [4.69, 9.17) is 11.6 Å². The molecule has 0 saturated heterocycles. The molecule has 0 unspecified atom stereocenters. The highest BCUT2D eigenvalue weighted by Gasteiger charge is 2.09. The first kappa shape index (κ1) is 18.0. The molecule has 24 heavy (non-hydrogen) atoms. The Bertz CT molecular complexity index is 702. The number of aryl methyl sites for hydroxylation is 2. The van der Waals surface area contributed by atoms with Gasteiger partial charge in [0.25, 0.3) is 0 Å². The van der Waals surface area contributed by atoms with E-state index in [0.717, 1.165) is 18.4 Å². The Morgan fingerprint density at radius 2 is 1.79 bits per heavy atom. The normalized spacial score (nSPS) is 10.2. The minimum atomic E-state index is -0.351. The van der Waals surface area contributed by atoms with Gasteiger partial charge in [-0.15, -0.1) is 0 Å². The predicted octanol–water partition coefficient (Wildman–Crippen LogP) is 3.73. The standard InChI is InChI=1S/C19H21ClN2O2/c1-14-9-10-16(12-17(14)20)22-19(24)13-18(23)21-11-5-8-15-6-3-2-4-7-15/h2-4,6-7,9-10,12H,5,8,11,13H2,1H3,(H,21,23)(H,22,24). The first-order valence-electron chi connectivity index (χ1n) is 7.91. The molecule has 2 aromatic carbocycles. The molecule has 0 spiro atoms. The van der Waals surface area contributed by atoms with Crippen molar-refractivity contribution in [2.24, 2.45) is 0 Å². The van der Waals surface area contributed by atoms with Crippen LogP contribution in [0.15, 0.2) is 48.5 Å². The zero-order valence-electron chi connectivity index (χ0n) is 13.6. The van der Waals surface area contributed by atoms with Crippen molar-refractivity contribution in [2.75, 3.05) is 11.9 Å². The molecule has 0 radical (unpaired) electrons. The average Bonchev–Trinajstić information content (AvgIpc) is 2.56. The molecule has 5 heteroatoms. The fourth-order valence-corrected chi connectivity index (χ4v) is 2.43. The SMILES string of the molecule is Cc1ccc(NC(=O)CC(=O)NCCCc2ccccc2)cc1Cl. The van der Waals surface area contributed by atoms with Crippen LogP contribution in [0.1, 0.15) is 24.0 Å². The predicted molar refractivity (Wildman–Crippen MR) is 97.2 cm³/mol. The van der Waals surface area contributed by atoms with E-state index < -0.39 is 0 Å². The van der Waals surface area contributed by atoms with Gasteiger partial charge in [0.2, 0.25) is 11.8 Å². The van der Waals surface area contributed by atoms with Crippen molar-refractivity contribution in [3.63, 3.8) is 0 Å². The van der Waals surface area contributed by atoms with Gasteiger partial charge in [-0.3, -0.25) is 9.59 Å². The Balaban J connectivity index is 1.68. The summed E-state index contributed by atoms with van der Waals surface area (Å²) in [6, 6.07) is 15.3. The van der Waals surface area contributed by atoms with Crippen LogP contribution in [0.25, 0.3) is 0 Å². The second-order valence-electron chi connectivity index (χ2n) is 5.63. The maximum Gasteiger partial charge on any atom is 0.233 e. The summed E-state index contributed by atoms with van der Waals surface area (Å²) >= 11 is 6.01. The van der Waals surface area contributed by atoms with Crippen LogP contribution in [0.4, 0.5) is 5.69 Å². The number of carbonyl (C=O) groups is 2. The van der Waals surface area contributed by atoms with Gasteiger partial charge in [0, 0.05) is 17.3 Å². The molecule has 126 valence electrons. The van der Waals surface area contributed by atoms with Crippen LogP contribution < -0.4 is 10.6 Å². The van der Waals surface area contributed by atoms with Gasteiger partial charge in [-0.2, -0.15) is 0 Å². The third kappa shape index (κ3) is 6.05. The molecule has 0 atom stereocenters. The third-order valence-corrected chi connectivity index (χ3v) is 3.99. The van der Waals surface area contributed by atoms with Crippen LogP contribution in [0, 0.1) is 6.92 Å². The van der Waals surface area contributed by atoms with E-state index in [1.54, 1.807) is 12.1 Å². The molecular weight excluding hydrogens is 324 g/mol. The van der Waals surface area contributed by atoms with Crippen LogP contribution in [-0.4, -0.2) is 18.4 Å². The maximum absolute atomic E-state index is 11.9. The summed E-state index contributed by atoms with van der Waals surface area (Å²) in [5.41, 5.74) is 2.76. The van der Waals surface area contributed by atoms with Gasteiger partial charge in [0.1, 0.15) is 6.42 Å². The van der Waals surface area contributed by atoms with Crippen molar-refractivity contribution < 1.29 is 9.59 Å². The fraction of sp³-hybridized carbons (Fsp3) is 0.263. The number of anilines is 1. The second-order valence-corrected chi connectivity index (χ2v) is 6.04. The first-order valence-corrected chi connectivity index (χ1v) is 8.29. The smallest absolute Gasteiger partial charge is 0.233 e. The Hall–Kier alpha value is -2.33. The minimum absolute atomic E-state index is 0.198. The number of nitrogens with one attached hydrogen (secondary N) is 2. The van der Waals surface area contributed by atoms with E-state index in [0.29, 0.717) is 17.3 Å². The molecule has 0 fully saturated rings. The molecule has 0 heterocycles. The Kier molecular flexibility index (Phi) is 6.82. The van der Waals surface area contributed by atoms with Crippen molar-refractivity contribution in [3.05, 3.63) is 64.7 Å². The zero-order chi connectivity index (χ0) is 17.4. The van der Waals surface area contributed by atoms with Gasteiger partial charge in [-0.05, 0) is 43.0 Å². The molecule has 0 aliphatic rings. The number of rotatable bonds is 7. The third-order valence-electron chi connectivity index (χ3n) is 3.58. The summed E-state index contributed by atoms with van der Waals surface area (Å²) in [5.74, 6) is -0.630. The van der Waals surface area contributed by atoms with Gasteiger partial charge in [0.05, 0.1) is 0 Å². The molecule has 0 aliphatic heterocycles. The summed E-state index contributed by atoms with van der Waals surface area (Å²) in [6.45, 7) is 2.44. The molecular formula is C19H21ClN2O2. The maximum atomic E-state index is 11.9. The Morgan fingerprint density at radius 3 is 2.50 bits per heavy atom. The number of amides is 2. The van der Waals surface area contributed by atoms with E-state index in [-0.39, 0.29) is 18.2 Å². The molecule has 2 rings (SSSR count). The van der Waals surface area contributed by atoms with Crippen LogP contribution in [0.3, 0.4) is 0 Å². The molecule has 2 N–H and O–H groups in total. The lowest BCUT2D eigenvalue weighted by Crippen LogP contribution is -2.29. The number of halogens is 1. The largest absolute Gasteiger partial charge is 0.356 e. The second kappa shape index (κ2) is 9.08. The highest BCUT2D eigenvalue weighted by molar-refractivity contribution is 6.31. The molecule has 0 bridgehead atoms. The highest BCUT2D eigenvalue weighted by Crippen LogP contribution is 2.19. The number of benzene rings is 2. The fourth-order valence-electron chi connectivity index (χ4n) is 2.25. The first-order chi connectivity index (χ1) is 11.5. The molecule has 0 saturated carbocycles. The number of hydrogen-bond acceptors (Lipinski definition) is 2. The van der Waals surface area contributed by atoms with Gasteiger partial charge in [0.15, 0.2) is 0 Å². The van der Waals surface area contributed by atoms with Crippen LogP contribution in [0.2, 0.25) is 5.02 Å². The summed E-state index contributed by atoms with van der Waals surface area (Å²) < 4.78 is 0. The van der Waals surface area contributed by atoms with Crippen molar-refractivity contribution in [2.45, 2.75) is 26.2 Å². The van der Waals surface area contributed by atoms with Crippen molar-refractivity contribution in [1.82, 2.24) is 5.32 Å². The summed E-state index contributed by atoms with van der Waals surface area (Å²) in [5, 5.41) is 6.02. The van der Waals surface area contributed by atoms with Gasteiger partial charge in [-0.1, -0.05) is 48.0 Å². The number of carbonyl (C=O) groups excluding carboxylic acids is 2. The summed E-state index contributed by atoms with van der Waals surface area (Å²) in [4.78, 5) is 23.6. The van der Waals surface area contributed by atoms with Crippen LogP contribution in [0.5, 0.6) is 0 Å². The molecule has 2 amide bonds. The topological polar surface area (TPSA) is 58.2 Å². The Labute approximate surface area is 147 Å². The highest BCUT2D eigenvalue weighted by atomic mass is 35.5. The van der Waals surface area contributed by atoms with Crippen molar-refractivity contribution in [1.29, 1.82) is 0 Å². The van der Waals surface area contributed by atoms with E-state index in [2.05, 4.69) is 22.8 Å². The van der Waals surface area contributed by atoms with Crippen LogP contribution in [-0.2, 0) is 16.0 Å². The quantitative estimate of drug-likeness (QED) is 0.594. The monoisotopic (exact) mass is 344 g/mol. The van der Waals surface area contributed by atoms with Crippen LogP contribution >= 0.6 is 11.6 Å². The number of hydrogen-bond donors (Lipinski definition) is 2. The Morgan fingerprint density at radius 1 is 1.04 bits per heavy atom. The summed E-state index contributed by atoms with van der Waals surface area (Å²) in [6.07, 6.45) is 1.54. The molecule has 0 aromatic heterocycles. The van der Waals surface area contributed by atoms with E-state index >= 15 is 0 Å². The van der Waals surface area contributed by atoms with E-state index in [9.17, 15) is 9.59 Å². The van der Waals surface area contributed by atoms with Gasteiger partial charge >= 0.3 is 0 Å². The molecule has 0 aliphatic carbocycles. The zero-order valence-corrected chi connectivity index (χ0v) is 14.4. The lowest BCUT2D eigenvalue weighted by atomic mass is 10.1. The average molecular weight is 345 g/mol. The van der Waals surface area contributed by atoms with E-state index in [1.807, 2.05) is 31.2 Å². The lowest BCUT2D eigenvalue weighted by molar-refractivity contribution is -0.126. The molecule has 4 nitrogen and oxygen atoms in total. The minimum Gasteiger partial charge on any atom is -0.356 e. The van der Waals surface area contributed by atoms with Gasteiger partial charge in [-0.25, -0.2) is 0 Å². The van der Waals surface area contributed by atoms with Crippen molar-refractivity contribution >= 4 is 29.1 Å². The van der Waals surface area contributed by atoms with Gasteiger partial charge < -0.3 is 10.6 Å². The molecule has 2 aromatic rings. The summed E-state index contributed by atoms with van der Waals surface area (Å²) in [7, 11) is 0. The van der Waals surface area contributed by atoms with E-state index in [1.165, 1.54) is 5.56 Å².